The number of nitrogens with one attached hydrogen (secondary N) is 1. The molecule has 0 aliphatic carbocycles. The molecule has 0 aromatic heterocycles. The molecule has 2 aromatic carbocycles. The molecule has 0 fully saturated rings. The molecule has 1 N–H and O–H groups in total. The first-order chi connectivity index (χ1) is 10.0. The maximum Gasteiger partial charge on any atom is 0.254 e. The number of benzene rings is 2. The van der Waals surface area contributed by atoms with Crippen LogP contribution in [0.2, 0.25) is 0 Å². The van der Waals surface area contributed by atoms with Crippen molar-refractivity contribution in [2.45, 2.75) is 13.0 Å². The van der Waals surface area contributed by atoms with Crippen LogP contribution in [-0.4, -0.2) is 13.0 Å². The van der Waals surface area contributed by atoms with Gasteiger partial charge in [0.05, 0.1) is 18.7 Å². The fraction of sp³-hybridized carbons (Fsp3) is 0.188. The van der Waals surface area contributed by atoms with Gasteiger partial charge in [0.1, 0.15) is 17.4 Å². The molecule has 2 aromatic rings. The minimum absolute atomic E-state index is 0.0558. The van der Waals surface area contributed by atoms with E-state index in [1.165, 1.54) is 43.5 Å². The van der Waals surface area contributed by atoms with Gasteiger partial charge in [-0.05, 0) is 37.3 Å². The van der Waals surface area contributed by atoms with Gasteiger partial charge in [0, 0.05) is 5.56 Å². The lowest BCUT2D eigenvalue weighted by Gasteiger charge is -2.17. The summed E-state index contributed by atoms with van der Waals surface area (Å²) in [5, 5.41) is 2.63. The summed E-state index contributed by atoms with van der Waals surface area (Å²) in [7, 11) is 1.46. The Bertz CT molecular complexity index is 658. The summed E-state index contributed by atoms with van der Waals surface area (Å²) in [6.45, 7) is 1.68. The number of ether oxygens (including phenoxy) is 1. The summed E-state index contributed by atoms with van der Waals surface area (Å²) in [4.78, 5) is 12.0. The highest BCUT2D eigenvalue weighted by molar-refractivity contribution is 5.94. The Kier molecular flexibility index (Phi) is 4.52. The van der Waals surface area contributed by atoms with Crippen LogP contribution in [0.15, 0.2) is 42.5 Å². The van der Waals surface area contributed by atoms with Crippen LogP contribution >= 0.6 is 0 Å². The Morgan fingerprint density at radius 2 is 1.90 bits per heavy atom. The fourth-order valence-electron chi connectivity index (χ4n) is 2.04. The van der Waals surface area contributed by atoms with E-state index in [-0.39, 0.29) is 5.56 Å². The standard InChI is InChI=1S/C16H15F2NO2/c1-10(13-9-11(17)7-8-15(13)21-2)19-16(20)12-5-3-4-6-14(12)18/h3-10H,1-2H3,(H,19,20). The number of hydrogen-bond acceptors (Lipinski definition) is 2. The first-order valence-corrected chi connectivity index (χ1v) is 6.41. The van der Waals surface area contributed by atoms with Gasteiger partial charge in [-0.1, -0.05) is 12.1 Å². The first-order valence-electron chi connectivity index (χ1n) is 6.41. The molecule has 1 atom stereocenters. The van der Waals surface area contributed by atoms with Crippen molar-refractivity contribution in [2.75, 3.05) is 7.11 Å². The molecule has 5 heteroatoms. The van der Waals surface area contributed by atoms with Gasteiger partial charge >= 0.3 is 0 Å². The van der Waals surface area contributed by atoms with Crippen molar-refractivity contribution >= 4 is 5.91 Å². The van der Waals surface area contributed by atoms with E-state index in [1.54, 1.807) is 13.0 Å². The normalized spacial score (nSPS) is 11.8. The molecule has 0 aliphatic heterocycles. The molecule has 21 heavy (non-hydrogen) atoms. The van der Waals surface area contributed by atoms with Crippen molar-refractivity contribution in [2.24, 2.45) is 0 Å². The zero-order valence-electron chi connectivity index (χ0n) is 11.7. The molecular weight excluding hydrogens is 276 g/mol. The molecule has 0 bridgehead atoms. The van der Waals surface area contributed by atoms with Crippen LogP contribution in [0.5, 0.6) is 5.75 Å². The van der Waals surface area contributed by atoms with Crippen LogP contribution in [-0.2, 0) is 0 Å². The number of halogens is 2. The third-order valence-electron chi connectivity index (χ3n) is 3.12. The fourth-order valence-corrected chi connectivity index (χ4v) is 2.04. The van der Waals surface area contributed by atoms with Gasteiger partial charge in [0.2, 0.25) is 0 Å². The number of amides is 1. The highest BCUT2D eigenvalue weighted by Gasteiger charge is 2.17. The smallest absolute Gasteiger partial charge is 0.254 e. The van der Waals surface area contributed by atoms with E-state index in [0.29, 0.717) is 11.3 Å². The summed E-state index contributed by atoms with van der Waals surface area (Å²) < 4.78 is 32.0. The van der Waals surface area contributed by atoms with Crippen molar-refractivity contribution < 1.29 is 18.3 Å². The Morgan fingerprint density at radius 3 is 2.57 bits per heavy atom. The van der Waals surface area contributed by atoms with Crippen molar-refractivity contribution in [1.29, 1.82) is 0 Å². The molecular formula is C16H15F2NO2. The van der Waals surface area contributed by atoms with Gasteiger partial charge in [-0.15, -0.1) is 0 Å². The summed E-state index contributed by atoms with van der Waals surface area (Å²) in [6, 6.07) is 9.19. The van der Waals surface area contributed by atoms with E-state index in [9.17, 15) is 13.6 Å². The van der Waals surface area contributed by atoms with Crippen LogP contribution in [0.3, 0.4) is 0 Å². The Hall–Kier alpha value is -2.43. The Balaban J connectivity index is 2.22. The van der Waals surface area contributed by atoms with E-state index in [2.05, 4.69) is 5.32 Å². The van der Waals surface area contributed by atoms with Gasteiger partial charge in [0.15, 0.2) is 0 Å². The Morgan fingerprint density at radius 1 is 1.19 bits per heavy atom. The van der Waals surface area contributed by atoms with Gasteiger partial charge in [-0.3, -0.25) is 4.79 Å². The summed E-state index contributed by atoms with van der Waals surface area (Å²) in [6.07, 6.45) is 0. The minimum atomic E-state index is -0.603. The summed E-state index contributed by atoms with van der Waals surface area (Å²) in [5.41, 5.74) is 0.432. The van der Waals surface area contributed by atoms with E-state index in [0.717, 1.165) is 0 Å². The van der Waals surface area contributed by atoms with E-state index < -0.39 is 23.6 Å². The highest BCUT2D eigenvalue weighted by Crippen LogP contribution is 2.26. The lowest BCUT2D eigenvalue weighted by Crippen LogP contribution is -2.27. The lowest BCUT2D eigenvalue weighted by molar-refractivity contribution is 0.0935. The van der Waals surface area contributed by atoms with Gasteiger partial charge in [-0.2, -0.15) is 0 Å². The monoisotopic (exact) mass is 291 g/mol. The molecule has 1 unspecified atom stereocenters. The molecule has 0 radical (unpaired) electrons. The average Bonchev–Trinajstić information content (AvgIpc) is 2.47. The van der Waals surface area contributed by atoms with E-state index >= 15 is 0 Å². The number of methoxy groups -OCH3 is 1. The van der Waals surface area contributed by atoms with Crippen molar-refractivity contribution in [3.05, 3.63) is 65.2 Å². The van der Waals surface area contributed by atoms with E-state index in [1.807, 2.05) is 0 Å². The topological polar surface area (TPSA) is 38.3 Å². The molecule has 2 rings (SSSR count). The highest BCUT2D eigenvalue weighted by atomic mass is 19.1. The van der Waals surface area contributed by atoms with Gasteiger partial charge in [0.25, 0.3) is 5.91 Å². The van der Waals surface area contributed by atoms with Crippen LogP contribution in [0.4, 0.5) is 8.78 Å². The first kappa shape index (κ1) is 15.0. The second-order valence-corrected chi connectivity index (χ2v) is 4.56. The SMILES string of the molecule is COc1ccc(F)cc1C(C)NC(=O)c1ccccc1F. The maximum absolute atomic E-state index is 13.6. The largest absolute Gasteiger partial charge is 0.496 e. The molecule has 0 aliphatic rings. The lowest BCUT2D eigenvalue weighted by atomic mass is 10.1. The summed E-state index contributed by atoms with van der Waals surface area (Å²) in [5.74, 6) is -1.14. The predicted octanol–water partition coefficient (Wildman–Crippen LogP) is 3.46. The number of carbonyl (C=O) groups is 1. The third-order valence-corrected chi connectivity index (χ3v) is 3.12. The van der Waals surface area contributed by atoms with Crippen LogP contribution in [0.1, 0.15) is 28.9 Å². The molecule has 0 heterocycles. The van der Waals surface area contributed by atoms with Crippen molar-refractivity contribution in [3.8, 4) is 5.75 Å². The molecule has 1 amide bonds. The predicted molar refractivity (Wildman–Crippen MR) is 75.2 cm³/mol. The van der Waals surface area contributed by atoms with Crippen LogP contribution < -0.4 is 10.1 Å². The average molecular weight is 291 g/mol. The van der Waals surface area contributed by atoms with Crippen molar-refractivity contribution in [1.82, 2.24) is 5.32 Å². The zero-order chi connectivity index (χ0) is 15.4. The van der Waals surface area contributed by atoms with E-state index in [4.69, 9.17) is 4.74 Å². The molecule has 3 nitrogen and oxygen atoms in total. The third kappa shape index (κ3) is 3.37. The number of rotatable bonds is 4. The maximum atomic E-state index is 13.6. The van der Waals surface area contributed by atoms with Crippen molar-refractivity contribution in [3.63, 3.8) is 0 Å². The molecule has 0 spiro atoms. The summed E-state index contributed by atoms with van der Waals surface area (Å²) >= 11 is 0. The molecule has 0 saturated carbocycles. The second kappa shape index (κ2) is 6.35. The van der Waals surface area contributed by atoms with Crippen LogP contribution in [0.25, 0.3) is 0 Å². The molecule has 110 valence electrons. The quantitative estimate of drug-likeness (QED) is 0.936. The number of carbonyl (C=O) groups excluding carboxylic acids is 1. The van der Waals surface area contributed by atoms with Gasteiger partial charge < -0.3 is 10.1 Å². The zero-order valence-corrected chi connectivity index (χ0v) is 11.7. The Labute approximate surface area is 121 Å². The number of hydrogen-bond donors (Lipinski definition) is 1. The van der Waals surface area contributed by atoms with Crippen LogP contribution in [0, 0.1) is 11.6 Å². The second-order valence-electron chi connectivity index (χ2n) is 4.56. The molecule has 0 saturated heterocycles. The minimum Gasteiger partial charge on any atom is -0.496 e. The van der Waals surface area contributed by atoms with Gasteiger partial charge in [-0.25, -0.2) is 8.78 Å².